The number of nitrogens with zero attached hydrogens (tertiary/aromatic N) is 3. The van der Waals surface area contributed by atoms with Crippen molar-refractivity contribution in [2.75, 3.05) is 12.0 Å². The number of hydrogen-bond acceptors (Lipinski definition) is 5. The number of halogens is 3. The SMILES string of the molecule is CCS(=O)(=O)c1ccc(SC)nc1-c1ccn(C(F)(F)F)n1. The highest BCUT2D eigenvalue weighted by Gasteiger charge is 2.32. The molecule has 2 aromatic rings. The first-order chi connectivity index (χ1) is 10.2. The lowest BCUT2D eigenvalue weighted by Crippen LogP contribution is -2.17. The zero-order chi connectivity index (χ0) is 16.5. The molecule has 0 aliphatic rings. The third-order valence-electron chi connectivity index (χ3n) is 2.85. The van der Waals surface area contributed by atoms with Crippen LogP contribution in [0.5, 0.6) is 0 Å². The van der Waals surface area contributed by atoms with Gasteiger partial charge in [-0.2, -0.15) is 9.78 Å². The van der Waals surface area contributed by atoms with Gasteiger partial charge in [0.2, 0.25) is 0 Å². The topological polar surface area (TPSA) is 64.8 Å². The van der Waals surface area contributed by atoms with Crippen LogP contribution in [-0.2, 0) is 16.1 Å². The maximum absolute atomic E-state index is 12.6. The fourth-order valence-electron chi connectivity index (χ4n) is 1.72. The molecule has 2 aromatic heterocycles. The Morgan fingerprint density at radius 1 is 1.27 bits per heavy atom. The second-order valence-electron chi connectivity index (χ2n) is 4.22. The minimum Gasteiger partial charge on any atom is -0.238 e. The first-order valence-corrected chi connectivity index (χ1v) is 8.97. The van der Waals surface area contributed by atoms with Crippen molar-refractivity contribution in [1.82, 2.24) is 14.8 Å². The van der Waals surface area contributed by atoms with E-state index in [9.17, 15) is 21.6 Å². The van der Waals surface area contributed by atoms with Crippen LogP contribution in [0.1, 0.15) is 6.92 Å². The molecule has 0 saturated carbocycles. The summed E-state index contributed by atoms with van der Waals surface area (Å²) in [4.78, 5) is 3.99. The molecule has 5 nitrogen and oxygen atoms in total. The van der Waals surface area contributed by atoms with Crippen LogP contribution >= 0.6 is 11.8 Å². The number of pyridine rings is 1. The lowest BCUT2D eigenvalue weighted by atomic mass is 10.3. The van der Waals surface area contributed by atoms with Crippen molar-refractivity contribution < 1.29 is 21.6 Å². The number of alkyl halides is 3. The molecule has 0 radical (unpaired) electrons. The molecule has 0 aliphatic carbocycles. The van der Waals surface area contributed by atoms with Crippen LogP contribution < -0.4 is 0 Å². The van der Waals surface area contributed by atoms with Gasteiger partial charge in [-0.3, -0.25) is 0 Å². The molecule has 120 valence electrons. The number of aromatic nitrogens is 3. The predicted octanol–water partition coefficient (Wildman–Crippen LogP) is 2.94. The average Bonchev–Trinajstić information content (AvgIpc) is 2.96. The molecular formula is C12H12F3N3O2S2. The summed E-state index contributed by atoms with van der Waals surface area (Å²) in [6.07, 6.45) is -2.21. The number of rotatable bonds is 4. The second-order valence-corrected chi connectivity index (χ2v) is 7.29. The van der Waals surface area contributed by atoms with Crippen LogP contribution in [0.2, 0.25) is 0 Å². The van der Waals surface area contributed by atoms with Gasteiger partial charge in [-0.25, -0.2) is 13.4 Å². The lowest BCUT2D eigenvalue weighted by molar-refractivity contribution is -0.212. The molecule has 0 spiro atoms. The van der Waals surface area contributed by atoms with Gasteiger partial charge >= 0.3 is 6.30 Å². The lowest BCUT2D eigenvalue weighted by Gasteiger charge is -2.09. The molecule has 0 saturated heterocycles. The van der Waals surface area contributed by atoms with Gasteiger partial charge in [0.25, 0.3) is 0 Å². The summed E-state index contributed by atoms with van der Waals surface area (Å²) in [7, 11) is -3.63. The molecule has 0 aliphatic heterocycles. The van der Waals surface area contributed by atoms with E-state index in [1.807, 2.05) is 0 Å². The normalized spacial score (nSPS) is 12.6. The van der Waals surface area contributed by atoms with Crippen molar-refractivity contribution >= 4 is 21.6 Å². The number of thioether (sulfide) groups is 1. The molecule has 0 aromatic carbocycles. The molecule has 0 amide bonds. The highest BCUT2D eigenvalue weighted by atomic mass is 32.2. The minimum absolute atomic E-state index is 0.0725. The van der Waals surface area contributed by atoms with Gasteiger partial charge < -0.3 is 0 Å². The average molecular weight is 351 g/mol. The molecule has 2 rings (SSSR count). The van der Waals surface area contributed by atoms with E-state index in [2.05, 4.69) is 10.1 Å². The van der Waals surface area contributed by atoms with Gasteiger partial charge in [0, 0.05) is 6.20 Å². The van der Waals surface area contributed by atoms with Crippen LogP contribution in [0, 0.1) is 0 Å². The largest absolute Gasteiger partial charge is 0.504 e. The van der Waals surface area contributed by atoms with Crippen molar-refractivity contribution in [2.24, 2.45) is 0 Å². The molecule has 10 heteroatoms. The molecule has 0 unspecified atom stereocenters. The van der Waals surface area contributed by atoms with Crippen molar-refractivity contribution in [3.05, 3.63) is 24.4 Å². The summed E-state index contributed by atoms with van der Waals surface area (Å²) in [5.41, 5.74) is -0.211. The molecule has 2 heterocycles. The molecule has 0 fully saturated rings. The minimum atomic E-state index is -4.67. The Labute approximate surface area is 129 Å². The number of hydrogen-bond donors (Lipinski definition) is 0. The van der Waals surface area contributed by atoms with E-state index in [-0.39, 0.29) is 26.7 Å². The van der Waals surface area contributed by atoms with E-state index in [0.29, 0.717) is 5.03 Å². The van der Waals surface area contributed by atoms with Crippen LogP contribution in [0.3, 0.4) is 0 Å². The Hall–Kier alpha value is -1.55. The molecular weight excluding hydrogens is 339 g/mol. The van der Waals surface area contributed by atoms with Crippen molar-refractivity contribution in [3.63, 3.8) is 0 Å². The fourth-order valence-corrected chi connectivity index (χ4v) is 3.14. The van der Waals surface area contributed by atoms with Gasteiger partial charge in [-0.05, 0) is 24.5 Å². The first-order valence-electron chi connectivity index (χ1n) is 6.10. The zero-order valence-corrected chi connectivity index (χ0v) is 13.3. The first kappa shape index (κ1) is 16.8. The molecule has 0 atom stereocenters. The van der Waals surface area contributed by atoms with E-state index >= 15 is 0 Å². The van der Waals surface area contributed by atoms with E-state index in [4.69, 9.17) is 0 Å². The van der Waals surface area contributed by atoms with Gasteiger partial charge in [-0.15, -0.1) is 24.9 Å². The molecule has 0 N–H and O–H groups in total. The van der Waals surface area contributed by atoms with Crippen LogP contribution in [-0.4, -0.2) is 35.2 Å². The molecule has 22 heavy (non-hydrogen) atoms. The van der Waals surface area contributed by atoms with Crippen molar-refractivity contribution in [2.45, 2.75) is 23.1 Å². The van der Waals surface area contributed by atoms with E-state index < -0.39 is 16.1 Å². The summed E-state index contributed by atoms with van der Waals surface area (Å²) in [6, 6.07) is 3.95. The monoisotopic (exact) mass is 351 g/mol. The van der Waals surface area contributed by atoms with E-state index in [0.717, 1.165) is 12.3 Å². The number of sulfone groups is 1. The van der Waals surface area contributed by atoms with Gasteiger partial charge in [-0.1, -0.05) is 6.92 Å². The Morgan fingerprint density at radius 2 is 1.95 bits per heavy atom. The second kappa shape index (κ2) is 5.92. The van der Waals surface area contributed by atoms with Crippen LogP contribution in [0.25, 0.3) is 11.4 Å². The summed E-state index contributed by atoms with van der Waals surface area (Å²) >= 11 is 1.25. The van der Waals surface area contributed by atoms with Crippen LogP contribution in [0.15, 0.2) is 34.3 Å². The standard InChI is InChI=1S/C12H12F3N3O2S2/c1-3-22(19,20)9-4-5-10(21-2)16-11(9)8-6-7-18(17-8)12(13,14)15/h4-7H,3H2,1-2H3. The van der Waals surface area contributed by atoms with Crippen molar-refractivity contribution in [3.8, 4) is 11.4 Å². The van der Waals surface area contributed by atoms with E-state index in [1.165, 1.54) is 30.8 Å². The summed E-state index contributed by atoms with van der Waals surface area (Å²) in [5, 5.41) is 3.88. The van der Waals surface area contributed by atoms with Gasteiger partial charge in [0.15, 0.2) is 9.84 Å². The maximum atomic E-state index is 12.6. The Morgan fingerprint density at radius 3 is 2.45 bits per heavy atom. The molecule has 0 bridgehead atoms. The maximum Gasteiger partial charge on any atom is 0.504 e. The van der Waals surface area contributed by atoms with Gasteiger partial charge in [0.1, 0.15) is 11.4 Å². The Bertz CT molecular complexity index is 785. The quantitative estimate of drug-likeness (QED) is 0.793. The Kier molecular flexibility index (Phi) is 4.52. The Balaban J connectivity index is 2.65. The summed E-state index contributed by atoms with van der Waals surface area (Å²) in [6.45, 7) is 1.45. The fraction of sp³-hybridized carbons (Fsp3) is 0.333. The third-order valence-corrected chi connectivity index (χ3v) is 5.25. The van der Waals surface area contributed by atoms with Gasteiger partial charge in [0.05, 0.1) is 15.7 Å². The van der Waals surface area contributed by atoms with E-state index in [1.54, 1.807) is 6.26 Å². The highest BCUT2D eigenvalue weighted by Crippen LogP contribution is 2.29. The van der Waals surface area contributed by atoms with Crippen molar-refractivity contribution in [1.29, 1.82) is 0 Å². The third kappa shape index (κ3) is 3.27. The smallest absolute Gasteiger partial charge is 0.238 e. The highest BCUT2D eigenvalue weighted by molar-refractivity contribution is 7.98. The predicted molar refractivity (Wildman–Crippen MR) is 76.3 cm³/mol. The van der Waals surface area contributed by atoms with Crippen LogP contribution in [0.4, 0.5) is 13.2 Å². The summed E-state index contributed by atoms with van der Waals surface area (Å²) < 4.78 is 61.9. The summed E-state index contributed by atoms with van der Waals surface area (Å²) in [5.74, 6) is -0.180. The zero-order valence-electron chi connectivity index (χ0n) is 11.6.